The molecule has 0 unspecified atom stereocenters. The number of nitro benzene ring substituents is 1. The maximum absolute atomic E-state index is 14.3. The number of aliphatic hydroxyl groups is 2. The number of nitrogens with zero attached hydrogens (tertiary/aromatic N) is 3. The number of oxime groups is 1. The number of nitrogens with one attached hydrogen (secondary N) is 1. The highest BCUT2D eigenvalue weighted by Crippen LogP contribution is 2.62. The smallest absolute Gasteiger partial charge is 0.417 e. The molecule has 3 aromatic rings. The summed E-state index contributed by atoms with van der Waals surface area (Å²) in [6.07, 6.45) is 10.5. The van der Waals surface area contributed by atoms with Crippen LogP contribution >= 0.6 is 0 Å². The third kappa shape index (κ3) is 10.4. The van der Waals surface area contributed by atoms with Gasteiger partial charge in [0.1, 0.15) is 35.6 Å². The van der Waals surface area contributed by atoms with Gasteiger partial charge in [0, 0.05) is 62.4 Å². The molecule has 16 nitrogen and oxygen atoms in total. The first-order valence-corrected chi connectivity index (χ1v) is 21.6. The topological polar surface area (TPSA) is 201 Å². The summed E-state index contributed by atoms with van der Waals surface area (Å²) in [7, 11) is 4.70. The average Bonchev–Trinajstić information content (AvgIpc) is 3.30. The van der Waals surface area contributed by atoms with Gasteiger partial charge in [-0.15, -0.1) is 6.58 Å². The van der Waals surface area contributed by atoms with Crippen LogP contribution < -0.4 is 24.3 Å². The Morgan fingerprint density at radius 2 is 1.75 bits per heavy atom. The van der Waals surface area contributed by atoms with Crippen LogP contribution in [0.3, 0.4) is 0 Å². The van der Waals surface area contributed by atoms with E-state index >= 15 is 0 Å². The molecule has 1 fully saturated rings. The average molecular weight is 883 g/mol. The van der Waals surface area contributed by atoms with Crippen molar-refractivity contribution in [2.24, 2.45) is 22.9 Å². The van der Waals surface area contributed by atoms with E-state index in [0.717, 1.165) is 30.4 Å². The fourth-order valence-electron chi connectivity index (χ4n) is 9.22. The van der Waals surface area contributed by atoms with Gasteiger partial charge in [0.25, 0.3) is 5.69 Å². The largest absolute Gasteiger partial charge is 0.497 e. The van der Waals surface area contributed by atoms with Gasteiger partial charge >= 0.3 is 6.09 Å². The number of likely N-dealkylation sites (N-methyl/N-ethyl adjacent to an activating group) is 1. The van der Waals surface area contributed by atoms with Gasteiger partial charge in [-0.05, 0) is 104 Å². The molecule has 64 heavy (non-hydrogen) atoms. The van der Waals surface area contributed by atoms with E-state index in [1.54, 1.807) is 66.6 Å². The lowest BCUT2D eigenvalue weighted by Gasteiger charge is -2.59. The highest BCUT2D eigenvalue weighted by Gasteiger charge is 2.65. The monoisotopic (exact) mass is 882 g/mol. The summed E-state index contributed by atoms with van der Waals surface area (Å²) >= 11 is 0. The number of fused-ring (bicyclic) bond motifs is 2. The molecule has 0 saturated heterocycles. The standard InChI is InChI=1S/C48H58N4O12/c1-6-26-61-48-43(51(3)44(55)23-16-31-14-17-33(18-15-31)52(57)58)30-40(50-62-7-2)37-27-32(12-8-10-24-53)36(13-9-11-25-54)45(46(37)48)38-28-35(20-22-41(38)64-48)63-47(56)49-39-21-19-34(59-4)29-42(39)60-5/h6,14-23,27-29,32,36,43,45-46,53-54H,1,7-13,24-26,30H2,2-5H3,(H,49,56)/t32-,36+,43-,45+,46+,48+/m0/s1. The number of aliphatic hydroxyl groups excluding tert-OH is 2. The number of methoxy groups -OCH3 is 2. The first-order chi connectivity index (χ1) is 31.0. The predicted octanol–water partition coefficient (Wildman–Crippen LogP) is 8.05. The van der Waals surface area contributed by atoms with Crippen LogP contribution in [-0.2, 0) is 14.4 Å². The fraction of sp³-hybridized carbons (Fsp3) is 0.438. The summed E-state index contributed by atoms with van der Waals surface area (Å²) < 4.78 is 30.8. The van der Waals surface area contributed by atoms with Gasteiger partial charge < -0.3 is 43.6 Å². The van der Waals surface area contributed by atoms with Crippen LogP contribution in [-0.4, -0.2) is 97.3 Å². The van der Waals surface area contributed by atoms with Gasteiger partial charge in [-0.25, -0.2) is 4.79 Å². The zero-order valence-electron chi connectivity index (χ0n) is 36.8. The molecule has 3 aromatic carbocycles. The van der Waals surface area contributed by atoms with Gasteiger partial charge in [-0.2, -0.15) is 0 Å². The van der Waals surface area contributed by atoms with Crippen LogP contribution in [0.15, 0.2) is 96.2 Å². The highest BCUT2D eigenvalue weighted by molar-refractivity contribution is 6.03. The van der Waals surface area contributed by atoms with Crippen LogP contribution in [0, 0.1) is 27.9 Å². The highest BCUT2D eigenvalue weighted by atomic mass is 16.7. The summed E-state index contributed by atoms with van der Waals surface area (Å²) in [6, 6.07) is 15.3. The molecule has 6 atom stereocenters. The molecule has 2 aliphatic carbocycles. The van der Waals surface area contributed by atoms with Crippen molar-refractivity contribution < 1.29 is 53.2 Å². The predicted molar refractivity (Wildman–Crippen MR) is 241 cm³/mol. The van der Waals surface area contributed by atoms with E-state index < -0.39 is 28.8 Å². The Bertz CT molecular complexity index is 2230. The third-order valence-electron chi connectivity index (χ3n) is 12.1. The Hall–Kier alpha value is -6.23. The van der Waals surface area contributed by atoms with E-state index in [0.29, 0.717) is 60.1 Å². The van der Waals surface area contributed by atoms with Gasteiger partial charge in [-0.3, -0.25) is 20.2 Å². The number of allylic oxidation sites excluding steroid dienone is 1. The van der Waals surface area contributed by atoms with Gasteiger partial charge in [-0.1, -0.05) is 30.1 Å². The van der Waals surface area contributed by atoms with Gasteiger partial charge in [0.05, 0.1) is 43.1 Å². The second-order valence-corrected chi connectivity index (χ2v) is 15.9. The van der Waals surface area contributed by atoms with E-state index in [4.69, 9.17) is 28.5 Å². The number of carbonyl (C=O) groups is 2. The van der Waals surface area contributed by atoms with E-state index in [1.807, 2.05) is 13.0 Å². The number of amides is 2. The molecular weight excluding hydrogens is 825 g/mol. The Balaban J connectivity index is 1.48. The molecule has 1 aliphatic heterocycles. The fourth-order valence-corrected chi connectivity index (χ4v) is 9.22. The first kappa shape index (κ1) is 47.3. The SMILES string of the molecule is C=CCO[C@@]12Oc3ccc(OC(=O)Nc4ccc(OC)cc4OC)cc3[C@H]3[C@H](CCCCO)[C@@H](CCCCO)C=C(C(=NOCC)C[C@@H]1N(C)C(=O)C=Cc1ccc([N+](=O)[O-])cc1)[C@H]32. The summed E-state index contributed by atoms with van der Waals surface area (Å²) in [6.45, 7) is 6.27. The summed E-state index contributed by atoms with van der Waals surface area (Å²) in [5, 5.41) is 38.5. The number of benzene rings is 3. The molecule has 0 bridgehead atoms. The van der Waals surface area contributed by atoms with Crippen LogP contribution in [0.1, 0.15) is 68.9 Å². The number of carbonyl (C=O) groups excluding carboxylic acids is 2. The molecule has 0 spiro atoms. The van der Waals surface area contributed by atoms with Crippen molar-refractivity contribution in [2.45, 2.75) is 69.6 Å². The van der Waals surface area contributed by atoms with Crippen molar-refractivity contribution >= 4 is 35.2 Å². The van der Waals surface area contributed by atoms with E-state index in [1.165, 1.54) is 32.4 Å². The maximum Gasteiger partial charge on any atom is 0.417 e. The van der Waals surface area contributed by atoms with Crippen LogP contribution in [0.25, 0.3) is 6.08 Å². The summed E-state index contributed by atoms with van der Waals surface area (Å²) in [5.41, 5.74) is 3.17. The van der Waals surface area contributed by atoms with Gasteiger partial charge in [0.2, 0.25) is 11.7 Å². The molecule has 16 heteroatoms. The van der Waals surface area contributed by atoms with Gasteiger partial charge in [0.15, 0.2) is 0 Å². The van der Waals surface area contributed by atoms with Crippen molar-refractivity contribution in [3.05, 3.63) is 112 Å². The lowest BCUT2D eigenvalue weighted by molar-refractivity contribution is -0.384. The van der Waals surface area contributed by atoms with Crippen molar-refractivity contribution in [3.8, 4) is 23.0 Å². The lowest BCUT2D eigenvalue weighted by atomic mass is 9.55. The molecule has 1 saturated carbocycles. The number of anilines is 1. The zero-order chi connectivity index (χ0) is 45.8. The first-order valence-electron chi connectivity index (χ1n) is 21.6. The molecule has 6 rings (SSSR count). The molecule has 1 heterocycles. The molecule has 2 amide bonds. The Morgan fingerprint density at radius 3 is 2.42 bits per heavy atom. The second-order valence-electron chi connectivity index (χ2n) is 15.9. The minimum Gasteiger partial charge on any atom is -0.497 e. The summed E-state index contributed by atoms with van der Waals surface area (Å²) in [5.74, 6) is -1.19. The van der Waals surface area contributed by atoms with E-state index in [9.17, 15) is 29.9 Å². The number of hydrogen-bond acceptors (Lipinski definition) is 13. The molecule has 342 valence electrons. The van der Waals surface area contributed by atoms with Crippen molar-refractivity contribution in [2.75, 3.05) is 53.0 Å². The number of unbranched alkanes of at least 4 members (excludes halogenated alkanes) is 2. The van der Waals surface area contributed by atoms with Crippen LogP contribution in [0.2, 0.25) is 0 Å². The third-order valence-corrected chi connectivity index (χ3v) is 12.1. The number of non-ortho nitro benzene ring substituents is 1. The van der Waals surface area contributed by atoms with E-state index in [2.05, 4.69) is 23.1 Å². The Morgan fingerprint density at radius 1 is 1.02 bits per heavy atom. The van der Waals surface area contributed by atoms with E-state index in [-0.39, 0.29) is 61.3 Å². The normalized spacial score (nSPS) is 22.6. The number of nitro groups is 1. The number of ether oxygens (including phenoxy) is 5. The van der Waals surface area contributed by atoms with Crippen molar-refractivity contribution in [3.63, 3.8) is 0 Å². The molecule has 0 radical (unpaired) electrons. The maximum atomic E-state index is 14.3. The van der Waals surface area contributed by atoms with Crippen molar-refractivity contribution in [1.29, 1.82) is 0 Å². The minimum absolute atomic E-state index is 0.00711. The number of rotatable bonds is 21. The molecule has 3 N–H and O–H groups in total. The second kappa shape index (κ2) is 21.9. The van der Waals surface area contributed by atoms with Crippen molar-refractivity contribution in [1.82, 2.24) is 4.90 Å². The van der Waals surface area contributed by atoms with Crippen LogP contribution in [0.4, 0.5) is 16.2 Å². The van der Waals surface area contributed by atoms with Crippen LogP contribution in [0.5, 0.6) is 23.0 Å². The quantitative estimate of drug-likeness (QED) is 0.0306. The summed E-state index contributed by atoms with van der Waals surface area (Å²) in [4.78, 5) is 45.9. The molecular formula is C48H58N4O12. The molecule has 3 aliphatic rings. The zero-order valence-corrected chi connectivity index (χ0v) is 36.8. The molecule has 0 aromatic heterocycles. The lowest BCUT2D eigenvalue weighted by Crippen LogP contribution is -2.69. The Kier molecular flexibility index (Phi) is 16.2. The minimum atomic E-state index is -1.50. The Labute approximate surface area is 373 Å². The number of hydrogen-bond donors (Lipinski definition) is 3.